The maximum absolute atomic E-state index is 10.2. The number of aliphatic hydroxyl groups excluding tert-OH is 2. The average Bonchev–Trinajstić information content (AvgIpc) is 2.91. The number of halogens is 3. The van der Waals surface area contributed by atoms with E-state index in [1.165, 1.54) is 11.7 Å². The fourth-order valence-corrected chi connectivity index (χ4v) is 3.14. The van der Waals surface area contributed by atoms with Crippen molar-refractivity contribution in [3.63, 3.8) is 0 Å². The van der Waals surface area contributed by atoms with Gasteiger partial charge in [-0.15, -0.1) is 0 Å². The second kappa shape index (κ2) is 6.13. The van der Waals surface area contributed by atoms with Crippen molar-refractivity contribution in [3.05, 3.63) is 27.5 Å². The molecule has 1 aliphatic rings. The number of ether oxygens (including phenoxy) is 2. The summed E-state index contributed by atoms with van der Waals surface area (Å²) >= 11 is 18.1. The number of hydrogen-bond donors (Lipinski definition) is 2. The molecule has 0 spiro atoms. The summed E-state index contributed by atoms with van der Waals surface area (Å²) in [5, 5.41) is 21.1. The van der Waals surface area contributed by atoms with Gasteiger partial charge in [-0.3, -0.25) is 4.57 Å². The van der Waals surface area contributed by atoms with E-state index in [1.807, 2.05) is 0 Å². The van der Waals surface area contributed by atoms with Crippen LogP contribution >= 0.6 is 34.8 Å². The van der Waals surface area contributed by atoms with E-state index in [2.05, 4.69) is 4.98 Å². The first-order valence-electron chi connectivity index (χ1n) is 6.47. The number of methoxy groups -OCH3 is 1. The van der Waals surface area contributed by atoms with Gasteiger partial charge < -0.3 is 19.7 Å². The molecule has 1 aliphatic heterocycles. The van der Waals surface area contributed by atoms with Crippen LogP contribution in [0.15, 0.2) is 12.1 Å². The molecule has 6 nitrogen and oxygen atoms in total. The van der Waals surface area contributed by atoms with Crippen LogP contribution in [-0.2, 0) is 9.47 Å². The van der Waals surface area contributed by atoms with Gasteiger partial charge in [0, 0.05) is 7.11 Å². The number of aromatic nitrogens is 2. The highest BCUT2D eigenvalue weighted by Crippen LogP contribution is 2.37. The van der Waals surface area contributed by atoms with Gasteiger partial charge in [0.05, 0.1) is 27.7 Å². The number of fused-ring (bicyclic) bond motifs is 1. The monoisotopic (exact) mass is 366 g/mol. The molecule has 1 aromatic heterocycles. The Morgan fingerprint density at radius 3 is 2.59 bits per heavy atom. The molecular weight excluding hydrogens is 355 g/mol. The van der Waals surface area contributed by atoms with Gasteiger partial charge in [0.1, 0.15) is 18.3 Å². The SMILES string of the molecule is COC[C@H]1OC(n2c(Cl)nc3cc(Cl)c(Cl)cc32)[C@H](O)[C@@H]1O. The molecule has 4 atom stereocenters. The summed E-state index contributed by atoms with van der Waals surface area (Å²) in [6, 6.07) is 3.16. The average molecular weight is 368 g/mol. The lowest BCUT2D eigenvalue weighted by Crippen LogP contribution is -2.33. The topological polar surface area (TPSA) is 76.7 Å². The first-order valence-corrected chi connectivity index (χ1v) is 7.60. The second-order valence-corrected chi connectivity index (χ2v) is 6.16. The van der Waals surface area contributed by atoms with Crippen molar-refractivity contribution >= 4 is 45.8 Å². The van der Waals surface area contributed by atoms with E-state index < -0.39 is 24.5 Å². The number of imidazole rings is 1. The molecule has 3 rings (SSSR count). The minimum atomic E-state index is -1.18. The third-order valence-electron chi connectivity index (χ3n) is 3.61. The summed E-state index contributed by atoms with van der Waals surface area (Å²) in [4.78, 5) is 4.17. The van der Waals surface area contributed by atoms with E-state index in [0.29, 0.717) is 21.1 Å². The summed E-state index contributed by atoms with van der Waals surface area (Å²) in [6.07, 6.45) is -3.84. The van der Waals surface area contributed by atoms with Crippen LogP contribution < -0.4 is 0 Å². The van der Waals surface area contributed by atoms with Gasteiger partial charge in [0.15, 0.2) is 6.23 Å². The summed E-state index contributed by atoms with van der Waals surface area (Å²) in [7, 11) is 1.48. The summed E-state index contributed by atoms with van der Waals surface area (Å²) < 4.78 is 12.1. The third-order valence-corrected chi connectivity index (χ3v) is 4.60. The molecule has 120 valence electrons. The Balaban J connectivity index is 2.06. The van der Waals surface area contributed by atoms with E-state index in [0.717, 1.165) is 0 Å². The summed E-state index contributed by atoms with van der Waals surface area (Å²) in [6.45, 7) is 0.144. The van der Waals surface area contributed by atoms with E-state index in [9.17, 15) is 10.2 Å². The Hall–Kier alpha value is -0.600. The highest BCUT2D eigenvalue weighted by Gasteiger charge is 2.44. The molecule has 2 heterocycles. The number of benzene rings is 1. The van der Waals surface area contributed by atoms with E-state index in [-0.39, 0.29) is 11.9 Å². The van der Waals surface area contributed by atoms with Crippen LogP contribution in [0, 0.1) is 0 Å². The molecule has 1 aromatic carbocycles. The van der Waals surface area contributed by atoms with Crippen LogP contribution in [0.25, 0.3) is 11.0 Å². The molecule has 0 saturated carbocycles. The van der Waals surface area contributed by atoms with Gasteiger partial charge in [-0.25, -0.2) is 4.98 Å². The Bertz CT molecular complexity index is 708. The van der Waals surface area contributed by atoms with Gasteiger partial charge in [0.2, 0.25) is 5.28 Å². The van der Waals surface area contributed by atoms with Crippen LogP contribution in [0.1, 0.15) is 6.23 Å². The van der Waals surface area contributed by atoms with Crippen molar-refractivity contribution in [1.82, 2.24) is 9.55 Å². The maximum Gasteiger partial charge on any atom is 0.206 e. The number of aliphatic hydroxyl groups is 2. The molecule has 0 aliphatic carbocycles. The van der Waals surface area contributed by atoms with Crippen LogP contribution in [0.5, 0.6) is 0 Å². The molecule has 2 N–H and O–H groups in total. The third kappa shape index (κ3) is 2.59. The van der Waals surface area contributed by atoms with Gasteiger partial charge in [0.25, 0.3) is 0 Å². The fourth-order valence-electron chi connectivity index (χ4n) is 2.55. The van der Waals surface area contributed by atoms with Crippen molar-refractivity contribution in [2.45, 2.75) is 24.5 Å². The molecule has 0 radical (unpaired) electrons. The smallest absolute Gasteiger partial charge is 0.206 e. The minimum absolute atomic E-state index is 0.0997. The molecule has 1 saturated heterocycles. The van der Waals surface area contributed by atoms with Gasteiger partial charge >= 0.3 is 0 Å². The molecule has 0 amide bonds. The molecule has 9 heteroatoms. The van der Waals surface area contributed by atoms with Crippen molar-refractivity contribution in [2.75, 3.05) is 13.7 Å². The Morgan fingerprint density at radius 2 is 1.91 bits per heavy atom. The van der Waals surface area contributed by atoms with Crippen molar-refractivity contribution in [2.24, 2.45) is 0 Å². The summed E-state index contributed by atoms with van der Waals surface area (Å²) in [5.41, 5.74) is 1.06. The lowest BCUT2D eigenvalue weighted by molar-refractivity contribution is -0.0576. The van der Waals surface area contributed by atoms with Gasteiger partial charge in [-0.1, -0.05) is 23.2 Å². The molecular formula is C13H13Cl3N2O4. The quantitative estimate of drug-likeness (QED) is 0.870. The van der Waals surface area contributed by atoms with Crippen LogP contribution in [0.3, 0.4) is 0 Å². The van der Waals surface area contributed by atoms with E-state index in [4.69, 9.17) is 44.3 Å². The maximum atomic E-state index is 10.2. The van der Waals surface area contributed by atoms with E-state index in [1.54, 1.807) is 12.1 Å². The Kier molecular flexibility index (Phi) is 4.53. The lowest BCUT2D eigenvalue weighted by atomic mass is 10.1. The molecule has 1 fully saturated rings. The Labute approximate surface area is 141 Å². The first-order chi connectivity index (χ1) is 10.4. The van der Waals surface area contributed by atoms with Crippen LogP contribution in [0.4, 0.5) is 0 Å². The first kappa shape index (κ1) is 16.3. The van der Waals surface area contributed by atoms with E-state index >= 15 is 0 Å². The van der Waals surface area contributed by atoms with Crippen molar-refractivity contribution < 1.29 is 19.7 Å². The molecule has 0 bridgehead atoms. The molecule has 2 aromatic rings. The highest BCUT2D eigenvalue weighted by molar-refractivity contribution is 6.42. The van der Waals surface area contributed by atoms with Crippen molar-refractivity contribution in [3.8, 4) is 0 Å². The zero-order valence-corrected chi connectivity index (χ0v) is 13.7. The lowest BCUT2D eigenvalue weighted by Gasteiger charge is -2.18. The Morgan fingerprint density at radius 1 is 1.23 bits per heavy atom. The normalized spacial score (nSPS) is 28.6. The summed E-state index contributed by atoms with van der Waals surface area (Å²) in [5.74, 6) is 0. The zero-order chi connectivity index (χ0) is 16.0. The predicted octanol–water partition coefficient (Wildman–Crippen LogP) is 2.26. The fraction of sp³-hybridized carbons (Fsp3) is 0.462. The van der Waals surface area contributed by atoms with Gasteiger partial charge in [-0.2, -0.15) is 0 Å². The second-order valence-electron chi connectivity index (χ2n) is 5.01. The zero-order valence-electron chi connectivity index (χ0n) is 11.4. The molecule has 22 heavy (non-hydrogen) atoms. The highest BCUT2D eigenvalue weighted by atomic mass is 35.5. The van der Waals surface area contributed by atoms with Crippen LogP contribution in [0.2, 0.25) is 15.3 Å². The number of hydrogen-bond acceptors (Lipinski definition) is 5. The predicted molar refractivity (Wildman–Crippen MR) is 82.6 cm³/mol. The number of rotatable bonds is 3. The number of nitrogens with zero attached hydrogens (tertiary/aromatic N) is 2. The van der Waals surface area contributed by atoms with Crippen molar-refractivity contribution in [1.29, 1.82) is 0 Å². The standard InChI is InChI=1S/C13H13Cl3N2O4/c1-21-4-9-10(19)11(20)12(22-9)18-8-3-6(15)5(14)2-7(8)17-13(18)16/h2-3,9-12,19-20H,4H2,1H3/t9-,10-,11-,12?/m1/s1. The minimum Gasteiger partial charge on any atom is -0.387 e. The van der Waals surface area contributed by atoms with Crippen LogP contribution in [-0.4, -0.2) is 51.8 Å². The largest absolute Gasteiger partial charge is 0.387 e. The molecule has 1 unspecified atom stereocenters. The van der Waals surface area contributed by atoms with Gasteiger partial charge in [-0.05, 0) is 23.7 Å².